The molecule has 0 aliphatic heterocycles. The Labute approximate surface area is 201 Å². The van der Waals surface area contributed by atoms with Crippen LogP contribution in [0.2, 0.25) is 0 Å². The molecule has 0 aliphatic rings. The van der Waals surface area contributed by atoms with E-state index in [-0.39, 0.29) is 36.2 Å². The van der Waals surface area contributed by atoms with Gasteiger partial charge in [0.05, 0.1) is 20.5 Å². The van der Waals surface area contributed by atoms with Gasteiger partial charge in [-0.05, 0) is 13.5 Å². The fourth-order valence-electron chi connectivity index (χ4n) is 3.43. The van der Waals surface area contributed by atoms with E-state index in [1.165, 1.54) is 77.0 Å². The summed E-state index contributed by atoms with van der Waals surface area (Å²) in [6, 6.07) is 0. The van der Waals surface area contributed by atoms with E-state index < -0.39 is 13.9 Å². The minimum atomic E-state index is -4.89. The fraction of sp³-hybridized carbons (Fsp3) is 1.00. The topological polar surface area (TPSA) is 95.9 Å². The van der Waals surface area contributed by atoms with E-state index in [9.17, 15) is 19.5 Å². The number of likely N-dealkylation sites (N-methyl/N-ethyl adjacent to an activating group) is 1. The van der Waals surface area contributed by atoms with Gasteiger partial charge in [0.15, 0.2) is 0 Å². The second-order valence-electron chi connectivity index (χ2n) is 8.08. The van der Waals surface area contributed by atoms with Crippen LogP contribution in [0, 0.1) is 0 Å². The summed E-state index contributed by atoms with van der Waals surface area (Å²) in [7, 11) is -3.11. The molecule has 1 unspecified atom stereocenters. The summed E-state index contributed by atoms with van der Waals surface area (Å²) in [6.07, 6.45) is 18.8. The molecule has 29 heavy (non-hydrogen) atoms. The van der Waals surface area contributed by atoms with Crippen LogP contribution in [0.5, 0.6) is 0 Å². The van der Waals surface area contributed by atoms with Crippen molar-refractivity contribution in [2.24, 2.45) is 0 Å². The maximum atomic E-state index is 10.4. The molecule has 0 amide bonds. The Morgan fingerprint density at radius 1 is 0.862 bits per heavy atom. The van der Waals surface area contributed by atoms with Gasteiger partial charge in [0, 0.05) is 13.1 Å². The van der Waals surface area contributed by atoms with Crippen LogP contribution in [-0.2, 0) is 9.09 Å². The third-order valence-electron chi connectivity index (χ3n) is 5.14. The number of phosphoric ester groups is 1. The van der Waals surface area contributed by atoms with E-state index in [1.54, 1.807) is 11.9 Å². The Hall–Kier alpha value is 1.03. The van der Waals surface area contributed by atoms with Crippen LogP contribution in [-0.4, -0.2) is 42.9 Å². The van der Waals surface area contributed by atoms with Crippen LogP contribution >= 0.6 is 7.82 Å². The number of unbranched alkanes of at least 4 members (excludes halogenated alkanes) is 13. The first-order valence-corrected chi connectivity index (χ1v) is 12.8. The van der Waals surface area contributed by atoms with Crippen LogP contribution in [0.4, 0.5) is 0 Å². The molecule has 0 saturated carbocycles. The van der Waals surface area contributed by atoms with Crippen molar-refractivity contribution in [3.05, 3.63) is 0 Å². The van der Waals surface area contributed by atoms with Crippen LogP contribution in [0.15, 0.2) is 0 Å². The van der Waals surface area contributed by atoms with Gasteiger partial charge in [0.2, 0.25) is 0 Å². The molecule has 0 spiro atoms. The molecule has 0 radical (unpaired) electrons. The maximum absolute atomic E-state index is 10.4. The molecule has 0 heterocycles. The summed E-state index contributed by atoms with van der Waals surface area (Å²) in [5.74, 6) is 0. The molecule has 0 aromatic carbocycles. The van der Waals surface area contributed by atoms with Gasteiger partial charge in [0.25, 0.3) is 0 Å². The van der Waals surface area contributed by atoms with E-state index in [4.69, 9.17) is 0 Å². The van der Waals surface area contributed by atoms with Gasteiger partial charge in [-0.2, -0.15) is 0 Å². The predicted molar refractivity (Wildman–Crippen MR) is 112 cm³/mol. The van der Waals surface area contributed by atoms with Crippen molar-refractivity contribution < 1.29 is 53.5 Å². The number of rotatable bonds is 21. The molecular weight excluding hydrogens is 400 g/mol. The normalized spacial score (nSPS) is 12.9. The van der Waals surface area contributed by atoms with E-state index in [0.29, 0.717) is 13.1 Å². The zero-order chi connectivity index (χ0) is 21.1. The molecule has 0 aromatic rings. The number of nitrogens with zero attached hydrogens (tertiary/aromatic N) is 1. The van der Waals surface area contributed by atoms with Crippen molar-refractivity contribution in [3.8, 4) is 0 Å². The summed E-state index contributed by atoms with van der Waals surface area (Å²) < 4.78 is 14.6. The number of aliphatic hydroxyl groups excluding tert-OH is 1. The van der Waals surface area contributed by atoms with Crippen molar-refractivity contribution in [2.75, 3.05) is 26.7 Å². The van der Waals surface area contributed by atoms with E-state index in [0.717, 1.165) is 19.3 Å². The Balaban J connectivity index is 0. The number of phosphoric acid groups is 1. The van der Waals surface area contributed by atoms with Gasteiger partial charge in [-0.1, -0.05) is 96.8 Å². The number of hydrogen-bond acceptors (Lipinski definition) is 6. The maximum Gasteiger partial charge on any atom is 1.00 e. The molecule has 0 fully saturated rings. The van der Waals surface area contributed by atoms with Gasteiger partial charge in [-0.3, -0.25) is 0 Å². The second-order valence-corrected chi connectivity index (χ2v) is 9.23. The first-order chi connectivity index (χ1) is 13.3. The SMILES string of the molecule is CCCCCCCCCCCCCCCCC(O)CN(C)CCOP(=O)([O-])[O-].[Na+]. The van der Waals surface area contributed by atoms with Crippen LogP contribution < -0.4 is 39.3 Å². The van der Waals surface area contributed by atoms with Crippen molar-refractivity contribution in [1.82, 2.24) is 4.90 Å². The third kappa shape index (κ3) is 27.0. The summed E-state index contributed by atoms with van der Waals surface area (Å²) >= 11 is 0. The molecule has 8 heteroatoms. The second kappa shape index (κ2) is 22.2. The third-order valence-corrected chi connectivity index (χ3v) is 5.63. The first-order valence-electron chi connectivity index (χ1n) is 11.4. The van der Waals surface area contributed by atoms with E-state index >= 15 is 0 Å². The molecule has 0 rings (SSSR count). The molecule has 1 atom stereocenters. The quantitative estimate of drug-likeness (QED) is 0.161. The van der Waals surface area contributed by atoms with Gasteiger partial charge in [-0.25, -0.2) is 0 Å². The molecule has 170 valence electrons. The monoisotopic (exact) mass is 444 g/mol. The molecule has 1 N–H and O–H groups in total. The zero-order valence-electron chi connectivity index (χ0n) is 19.3. The smallest absolute Gasteiger partial charge is 0.790 e. The standard InChI is InChI=1S/C21H46NO5P.Na/c1-3-4-5-6-7-8-9-10-11-12-13-14-15-16-17-21(23)20-22(2)18-19-27-28(24,25)26;/h21,23H,3-20H2,1-2H3,(H2,24,25,26);/q;+1/p-2. The molecule has 0 bridgehead atoms. The molecule has 6 nitrogen and oxygen atoms in total. The van der Waals surface area contributed by atoms with Crippen LogP contribution in [0.3, 0.4) is 0 Å². The number of hydrogen-bond donors (Lipinski definition) is 1. The van der Waals surface area contributed by atoms with Gasteiger partial charge >= 0.3 is 29.6 Å². The average Bonchev–Trinajstić information content (AvgIpc) is 2.60. The average molecular weight is 445 g/mol. The van der Waals surface area contributed by atoms with Gasteiger partial charge in [-0.15, -0.1) is 0 Å². The van der Waals surface area contributed by atoms with Gasteiger partial charge in [0.1, 0.15) is 0 Å². The summed E-state index contributed by atoms with van der Waals surface area (Å²) in [6.45, 7) is 2.87. The van der Waals surface area contributed by atoms with E-state index in [2.05, 4.69) is 11.4 Å². The Morgan fingerprint density at radius 3 is 1.69 bits per heavy atom. The molecular formula is C21H44NNaO5P-. The van der Waals surface area contributed by atoms with Crippen LogP contribution in [0.1, 0.15) is 103 Å². The molecule has 0 saturated heterocycles. The van der Waals surface area contributed by atoms with Crippen molar-refractivity contribution >= 4 is 7.82 Å². The van der Waals surface area contributed by atoms with Crippen molar-refractivity contribution in [1.29, 1.82) is 0 Å². The minimum Gasteiger partial charge on any atom is -0.790 e. The fourth-order valence-corrected chi connectivity index (χ4v) is 3.73. The van der Waals surface area contributed by atoms with Crippen molar-refractivity contribution in [2.45, 2.75) is 109 Å². The largest absolute Gasteiger partial charge is 1.00 e. The Morgan fingerprint density at radius 2 is 1.28 bits per heavy atom. The number of aliphatic hydroxyl groups is 1. The zero-order valence-corrected chi connectivity index (χ0v) is 22.2. The Bertz CT molecular complexity index is 384. The van der Waals surface area contributed by atoms with E-state index in [1.807, 2.05) is 0 Å². The van der Waals surface area contributed by atoms with Crippen molar-refractivity contribution in [3.63, 3.8) is 0 Å². The Kier molecular flexibility index (Phi) is 24.7. The summed E-state index contributed by atoms with van der Waals surface area (Å²) in [5, 5.41) is 10.0. The summed E-state index contributed by atoms with van der Waals surface area (Å²) in [5.41, 5.74) is 0. The first kappa shape index (κ1) is 32.2. The molecule has 0 aliphatic carbocycles. The predicted octanol–water partition coefficient (Wildman–Crippen LogP) is 1.000. The molecule has 0 aromatic heterocycles. The van der Waals surface area contributed by atoms with Gasteiger partial charge < -0.3 is 28.9 Å². The minimum absolute atomic E-state index is 0. The van der Waals surface area contributed by atoms with Crippen LogP contribution in [0.25, 0.3) is 0 Å². The summed E-state index contributed by atoms with van der Waals surface area (Å²) in [4.78, 5) is 22.5.